The largest absolute Gasteiger partial charge is 0.497 e. The van der Waals surface area contributed by atoms with E-state index in [-0.39, 0.29) is 12.1 Å². The summed E-state index contributed by atoms with van der Waals surface area (Å²) in [5.74, 6) is 1.32. The van der Waals surface area contributed by atoms with Crippen LogP contribution in [0, 0.1) is 13.8 Å². The van der Waals surface area contributed by atoms with Gasteiger partial charge in [0.2, 0.25) is 0 Å². The number of aromatic nitrogens is 2. The maximum Gasteiger partial charge on any atom is 0.174 e. The van der Waals surface area contributed by atoms with E-state index in [1.54, 1.807) is 7.11 Å². The molecule has 0 aliphatic carbocycles. The van der Waals surface area contributed by atoms with Gasteiger partial charge >= 0.3 is 0 Å². The highest BCUT2D eigenvalue weighted by Gasteiger charge is 2.42. The second-order valence-electron chi connectivity index (χ2n) is 9.60. The van der Waals surface area contributed by atoms with E-state index in [9.17, 15) is 0 Å². The Morgan fingerprint density at radius 1 is 0.944 bits per heavy atom. The highest BCUT2D eigenvalue weighted by atomic mass is 32.1. The average Bonchev–Trinajstić information content (AvgIpc) is 3.39. The highest BCUT2D eigenvalue weighted by molar-refractivity contribution is 7.80. The van der Waals surface area contributed by atoms with Gasteiger partial charge in [0.1, 0.15) is 5.75 Å². The molecule has 4 aromatic rings. The lowest BCUT2D eigenvalue weighted by molar-refractivity contribution is 0.414. The Balaban J connectivity index is 1.63. The van der Waals surface area contributed by atoms with Gasteiger partial charge in [-0.05, 0) is 97.7 Å². The Bertz CT molecular complexity index is 1360. The first-order valence-electron chi connectivity index (χ1n) is 12.3. The fourth-order valence-electron chi connectivity index (χ4n) is 5.18. The minimum Gasteiger partial charge on any atom is -0.497 e. The molecule has 2 atom stereocenters. The first-order chi connectivity index (χ1) is 17.4. The van der Waals surface area contributed by atoms with Crippen LogP contribution in [0.3, 0.4) is 0 Å². The molecule has 1 aliphatic heterocycles. The normalized spacial score (nSPS) is 17.5. The number of anilines is 1. The van der Waals surface area contributed by atoms with Gasteiger partial charge in [-0.2, -0.15) is 0 Å². The van der Waals surface area contributed by atoms with Crippen LogP contribution in [0.4, 0.5) is 5.69 Å². The minimum atomic E-state index is -0.0757. The molecule has 1 aliphatic rings. The van der Waals surface area contributed by atoms with Crippen molar-refractivity contribution >= 4 is 23.0 Å². The van der Waals surface area contributed by atoms with Crippen molar-refractivity contribution in [1.29, 1.82) is 0 Å². The zero-order valence-corrected chi connectivity index (χ0v) is 22.2. The topological polar surface area (TPSA) is 42.3 Å². The van der Waals surface area contributed by atoms with Crippen LogP contribution in [0.15, 0.2) is 79.0 Å². The summed E-state index contributed by atoms with van der Waals surface area (Å²) in [7, 11) is 1.69. The first kappa shape index (κ1) is 24.1. The summed E-state index contributed by atoms with van der Waals surface area (Å²) in [4.78, 5) is 6.95. The van der Waals surface area contributed by atoms with Gasteiger partial charge in [-0.15, -0.1) is 0 Å². The molecule has 6 heteroatoms. The van der Waals surface area contributed by atoms with Crippen molar-refractivity contribution in [3.63, 3.8) is 0 Å². The minimum absolute atomic E-state index is 0.0458. The summed E-state index contributed by atoms with van der Waals surface area (Å²) in [6.45, 7) is 8.76. The number of pyridine rings is 1. The van der Waals surface area contributed by atoms with Crippen molar-refractivity contribution in [2.75, 3.05) is 12.0 Å². The van der Waals surface area contributed by atoms with Crippen molar-refractivity contribution < 1.29 is 4.74 Å². The van der Waals surface area contributed by atoms with Crippen molar-refractivity contribution in [2.24, 2.45) is 0 Å². The van der Waals surface area contributed by atoms with Crippen LogP contribution in [-0.2, 0) is 0 Å². The van der Waals surface area contributed by atoms with Crippen molar-refractivity contribution in [1.82, 2.24) is 14.9 Å². The molecular formula is C30H32N4OS. The van der Waals surface area contributed by atoms with E-state index in [1.165, 1.54) is 22.5 Å². The third-order valence-corrected chi connectivity index (χ3v) is 7.37. The number of hydrogen-bond donors (Lipinski definition) is 1. The fraction of sp³-hybridized carbons (Fsp3) is 0.267. The van der Waals surface area contributed by atoms with Crippen molar-refractivity contribution in [2.45, 2.75) is 45.7 Å². The Morgan fingerprint density at radius 3 is 2.25 bits per heavy atom. The van der Waals surface area contributed by atoms with E-state index in [1.807, 2.05) is 30.5 Å². The standard InChI is InChI=1S/C30H32N4OS/c1-19(2)22-9-11-24(12-10-22)34-29(28(32-30(34)36)27-8-6-7-17-31-27)26-18-20(3)33(21(26)4)23-13-15-25(35-5)16-14-23/h6-19,28-29H,1-5H3,(H,32,36)/t28-,29+/m1/s1. The van der Waals surface area contributed by atoms with E-state index in [4.69, 9.17) is 21.9 Å². The number of nitrogens with zero attached hydrogens (tertiary/aromatic N) is 3. The molecule has 0 bridgehead atoms. The summed E-state index contributed by atoms with van der Waals surface area (Å²) in [6.07, 6.45) is 1.85. The van der Waals surface area contributed by atoms with Crippen LogP contribution >= 0.6 is 12.2 Å². The second-order valence-corrected chi connectivity index (χ2v) is 9.99. The maximum atomic E-state index is 5.93. The van der Waals surface area contributed by atoms with Gasteiger partial charge in [0.15, 0.2) is 5.11 Å². The van der Waals surface area contributed by atoms with Gasteiger partial charge in [-0.3, -0.25) is 4.98 Å². The Kier molecular flexibility index (Phi) is 6.54. The zero-order chi connectivity index (χ0) is 25.4. The molecule has 36 heavy (non-hydrogen) atoms. The number of nitrogens with one attached hydrogen (secondary N) is 1. The van der Waals surface area contributed by atoms with Crippen LogP contribution in [-0.4, -0.2) is 21.8 Å². The van der Waals surface area contributed by atoms with Crippen molar-refractivity contribution in [3.8, 4) is 11.4 Å². The molecule has 0 spiro atoms. The Hall–Kier alpha value is -3.64. The summed E-state index contributed by atoms with van der Waals surface area (Å²) < 4.78 is 7.66. The second kappa shape index (κ2) is 9.78. The molecule has 0 saturated carbocycles. The molecule has 5 rings (SSSR count). The van der Waals surface area contributed by atoms with Crippen LogP contribution in [0.25, 0.3) is 5.69 Å². The molecule has 0 amide bonds. The Labute approximate surface area is 218 Å². The smallest absolute Gasteiger partial charge is 0.174 e. The number of rotatable bonds is 6. The van der Waals surface area contributed by atoms with Gasteiger partial charge in [0.05, 0.1) is 24.9 Å². The summed E-state index contributed by atoms with van der Waals surface area (Å²) in [5.41, 5.74) is 8.04. The molecule has 1 N–H and O–H groups in total. The van der Waals surface area contributed by atoms with E-state index in [2.05, 4.69) is 91.0 Å². The van der Waals surface area contributed by atoms with Gasteiger partial charge in [0.25, 0.3) is 0 Å². The molecule has 5 nitrogen and oxygen atoms in total. The predicted molar refractivity (Wildman–Crippen MR) is 150 cm³/mol. The number of hydrogen-bond acceptors (Lipinski definition) is 3. The molecule has 0 radical (unpaired) electrons. The third-order valence-electron chi connectivity index (χ3n) is 7.06. The fourth-order valence-corrected chi connectivity index (χ4v) is 5.53. The van der Waals surface area contributed by atoms with Crippen LogP contribution in [0.2, 0.25) is 0 Å². The number of benzene rings is 2. The summed E-state index contributed by atoms with van der Waals surface area (Å²) >= 11 is 5.93. The van der Waals surface area contributed by atoms with E-state index in [0.717, 1.165) is 22.8 Å². The van der Waals surface area contributed by atoms with E-state index < -0.39 is 0 Å². The van der Waals surface area contributed by atoms with Crippen molar-refractivity contribution in [3.05, 3.63) is 107 Å². The van der Waals surface area contributed by atoms with Crippen LogP contribution in [0.5, 0.6) is 5.75 Å². The molecule has 1 fully saturated rings. The number of aryl methyl sites for hydroxylation is 1. The van der Waals surface area contributed by atoms with Gasteiger partial charge in [-0.1, -0.05) is 32.0 Å². The lowest BCUT2D eigenvalue weighted by Crippen LogP contribution is -2.29. The zero-order valence-electron chi connectivity index (χ0n) is 21.4. The third kappa shape index (κ3) is 4.26. The van der Waals surface area contributed by atoms with Crippen LogP contribution < -0.4 is 15.0 Å². The number of thiocarbonyl (C=S) groups is 1. The molecule has 2 aromatic carbocycles. The monoisotopic (exact) mass is 496 g/mol. The molecule has 0 unspecified atom stereocenters. The number of ether oxygens (including phenoxy) is 1. The first-order valence-corrected chi connectivity index (χ1v) is 12.7. The highest BCUT2D eigenvalue weighted by Crippen LogP contribution is 2.44. The maximum absolute atomic E-state index is 5.93. The quantitative estimate of drug-likeness (QED) is 0.297. The van der Waals surface area contributed by atoms with Gasteiger partial charge < -0.3 is 19.5 Å². The Morgan fingerprint density at radius 2 is 1.64 bits per heavy atom. The summed E-state index contributed by atoms with van der Waals surface area (Å²) in [6, 6.07) is 25.2. The molecular weight excluding hydrogens is 464 g/mol. The average molecular weight is 497 g/mol. The number of methoxy groups -OCH3 is 1. The molecule has 3 heterocycles. The molecule has 184 valence electrons. The lowest BCUT2D eigenvalue weighted by atomic mass is 9.96. The molecule has 2 aromatic heterocycles. The van der Waals surface area contributed by atoms with E-state index in [0.29, 0.717) is 11.0 Å². The summed E-state index contributed by atoms with van der Waals surface area (Å²) in [5, 5.41) is 4.29. The van der Waals surface area contributed by atoms with Gasteiger partial charge in [0, 0.05) is 29.0 Å². The predicted octanol–water partition coefficient (Wildman–Crippen LogP) is 6.80. The van der Waals surface area contributed by atoms with Gasteiger partial charge in [-0.25, -0.2) is 0 Å². The van der Waals surface area contributed by atoms with E-state index >= 15 is 0 Å². The lowest BCUT2D eigenvalue weighted by Gasteiger charge is -2.28. The molecule has 1 saturated heterocycles. The van der Waals surface area contributed by atoms with Crippen LogP contribution in [0.1, 0.15) is 60.1 Å². The SMILES string of the molecule is COc1ccc(-n2c(C)cc([C@H]3[C@@H](c4ccccn4)NC(=S)N3c3ccc(C(C)C)cc3)c2C)cc1.